The van der Waals surface area contributed by atoms with E-state index >= 15 is 0 Å². The summed E-state index contributed by atoms with van der Waals surface area (Å²) in [6.07, 6.45) is 0. The van der Waals surface area contributed by atoms with Crippen molar-refractivity contribution in [3.05, 3.63) is 46.4 Å². The zero-order valence-electron chi connectivity index (χ0n) is 15.1. The molecule has 0 radical (unpaired) electrons. The van der Waals surface area contributed by atoms with E-state index in [4.69, 9.17) is 23.2 Å². The molecule has 7 nitrogen and oxygen atoms in total. The van der Waals surface area contributed by atoms with Crippen LogP contribution in [0.25, 0.3) is 0 Å². The maximum atomic E-state index is 12.7. The number of rotatable bonds is 6. The lowest BCUT2D eigenvalue weighted by Gasteiger charge is -2.20. The molecule has 2 rings (SSSR count). The van der Waals surface area contributed by atoms with E-state index < -0.39 is 20.0 Å². The van der Waals surface area contributed by atoms with Crippen molar-refractivity contribution >= 4 is 54.6 Å². The Balaban J connectivity index is 2.57. The first kappa shape index (κ1) is 21.8. The Labute approximate surface area is 169 Å². The van der Waals surface area contributed by atoms with E-state index in [2.05, 4.69) is 4.72 Å². The highest BCUT2D eigenvalue weighted by molar-refractivity contribution is 7.92. The van der Waals surface area contributed by atoms with Crippen LogP contribution in [0.1, 0.15) is 0 Å². The van der Waals surface area contributed by atoms with E-state index in [1.54, 1.807) is 19.0 Å². The third-order valence-electron chi connectivity index (χ3n) is 3.67. The van der Waals surface area contributed by atoms with Gasteiger partial charge in [-0.05, 0) is 36.4 Å². The molecule has 0 aliphatic carbocycles. The zero-order valence-corrected chi connectivity index (χ0v) is 18.2. The van der Waals surface area contributed by atoms with Crippen molar-refractivity contribution in [3.63, 3.8) is 0 Å². The number of nitrogens with zero attached hydrogens (tertiary/aromatic N) is 2. The number of hydrogen-bond donors (Lipinski definition) is 1. The molecule has 0 amide bonds. The first-order valence-corrected chi connectivity index (χ1v) is 11.3. The SMILES string of the molecule is CN(C)c1ccc(S(=O)(=O)N(C)C)cc1NS(=O)(=O)c1ccc(Cl)c(Cl)c1. The fourth-order valence-corrected chi connectivity index (χ4v) is 4.59. The molecule has 2 aromatic rings. The van der Waals surface area contributed by atoms with Gasteiger partial charge in [-0.1, -0.05) is 23.2 Å². The molecule has 0 aliphatic rings. The van der Waals surface area contributed by atoms with E-state index in [9.17, 15) is 16.8 Å². The number of benzene rings is 2. The summed E-state index contributed by atoms with van der Waals surface area (Å²) in [5.74, 6) is 0. The normalized spacial score (nSPS) is 12.3. The molecule has 148 valence electrons. The van der Waals surface area contributed by atoms with Gasteiger partial charge in [0.2, 0.25) is 10.0 Å². The number of nitrogens with one attached hydrogen (secondary N) is 1. The first-order valence-electron chi connectivity index (χ1n) is 7.58. The van der Waals surface area contributed by atoms with E-state index in [0.717, 1.165) is 4.31 Å². The van der Waals surface area contributed by atoms with Gasteiger partial charge >= 0.3 is 0 Å². The molecule has 27 heavy (non-hydrogen) atoms. The third kappa shape index (κ3) is 4.67. The largest absolute Gasteiger partial charge is 0.376 e. The van der Waals surface area contributed by atoms with Gasteiger partial charge in [0.15, 0.2) is 0 Å². The van der Waals surface area contributed by atoms with Crippen LogP contribution in [-0.2, 0) is 20.0 Å². The summed E-state index contributed by atoms with van der Waals surface area (Å²) >= 11 is 11.7. The molecular weight excluding hydrogens is 433 g/mol. The summed E-state index contributed by atoms with van der Waals surface area (Å²) in [6.45, 7) is 0. The lowest BCUT2D eigenvalue weighted by Crippen LogP contribution is -2.23. The van der Waals surface area contributed by atoms with Crippen molar-refractivity contribution in [2.45, 2.75) is 9.79 Å². The van der Waals surface area contributed by atoms with E-state index in [1.165, 1.54) is 50.5 Å². The summed E-state index contributed by atoms with van der Waals surface area (Å²) in [4.78, 5) is 1.53. The van der Waals surface area contributed by atoms with Crippen molar-refractivity contribution in [3.8, 4) is 0 Å². The van der Waals surface area contributed by atoms with Crippen LogP contribution in [0.3, 0.4) is 0 Å². The second-order valence-corrected chi connectivity index (χ2v) is 10.7. The van der Waals surface area contributed by atoms with Crippen LogP contribution in [0.15, 0.2) is 46.2 Å². The van der Waals surface area contributed by atoms with E-state index in [1.807, 2.05) is 0 Å². The van der Waals surface area contributed by atoms with Crippen LogP contribution in [0.4, 0.5) is 11.4 Å². The van der Waals surface area contributed by atoms with Crippen molar-refractivity contribution in [2.24, 2.45) is 0 Å². The van der Waals surface area contributed by atoms with Crippen molar-refractivity contribution in [2.75, 3.05) is 37.8 Å². The predicted molar refractivity (Wildman–Crippen MR) is 109 cm³/mol. The Morgan fingerprint density at radius 3 is 1.93 bits per heavy atom. The topological polar surface area (TPSA) is 86.8 Å². The summed E-state index contributed by atoms with van der Waals surface area (Å²) in [6, 6.07) is 8.14. The highest BCUT2D eigenvalue weighted by Gasteiger charge is 2.22. The Kier molecular flexibility index (Phi) is 6.33. The second-order valence-electron chi connectivity index (χ2n) is 6.04. The molecule has 1 N–H and O–H groups in total. The molecule has 0 aliphatic heterocycles. The molecule has 0 aromatic heterocycles. The molecule has 0 heterocycles. The van der Waals surface area contributed by atoms with Crippen LogP contribution in [0.2, 0.25) is 10.0 Å². The van der Waals surface area contributed by atoms with Gasteiger partial charge in [-0.15, -0.1) is 0 Å². The fourth-order valence-electron chi connectivity index (χ4n) is 2.21. The van der Waals surface area contributed by atoms with Crippen LogP contribution >= 0.6 is 23.2 Å². The van der Waals surface area contributed by atoms with Crippen LogP contribution in [0, 0.1) is 0 Å². The lowest BCUT2D eigenvalue weighted by molar-refractivity contribution is 0.521. The standard InChI is InChI=1S/C16H19Cl2N3O4S2/c1-20(2)16-8-6-12(27(24,25)21(3)4)10-15(16)19-26(22,23)11-5-7-13(17)14(18)9-11/h5-10,19H,1-4H3. The first-order chi connectivity index (χ1) is 12.4. The Morgan fingerprint density at radius 1 is 0.815 bits per heavy atom. The van der Waals surface area contributed by atoms with Gasteiger partial charge in [-0.3, -0.25) is 4.72 Å². The van der Waals surface area contributed by atoms with Gasteiger partial charge in [0.1, 0.15) is 0 Å². The smallest absolute Gasteiger partial charge is 0.262 e. The number of sulfonamides is 2. The van der Waals surface area contributed by atoms with Gasteiger partial charge in [0, 0.05) is 28.2 Å². The quantitative estimate of drug-likeness (QED) is 0.728. The van der Waals surface area contributed by atoms with Gasteiger partial charge in [0.25, 0.3) is 10.0 Å². The Bertz CT molecular complexity index is 1070. The van der Waals surface area contributed by atoms with Gasteiger partial charge in [0.05, 0.1) is 31.2 Å². The third-order valence-corrected chi connectivity index (χ3v) is 7.59. The lowest BCUT2D eigenvalue weighted by atomic mass is 10.2. The molecule has 0 atom stereocenters. The monoisotopic (exact) mass is 451 g/mol. The predicted octanol–water partition coefficient (Wildman–Crippen LogP) is 3.11. The summed E-state index contributed by atoms with van der Waals surface area (Å²) in [5, 5.41) is 0.319. The maximum absolute atomic E-state index is 12.7. The molecular formula is C16H19Cl2N3O4S2. The molecule has 0 saturated carbocycles. The minimum atomic E-state index is -4.02. The Hall–Kier alpha value is -1.52. The highest BCUT2D eigenvalue weighted by atomic mass is 35.5. The molecule has 11 heteroatoms. The molecule has 0 unspecified atom stereocenters. The maximum Gasteiger partial charge on any atom is 0.262 e. The van der Waals surface area contributed by atoms with Crippen LogP contribution in [0.5, 0.6) is 0 Å². The minimum absolute atomic E-state index is 0.0371. The number of halogens is 2. The average molecular weight is 452 g/mol. The van der Waals surface area contributed by atoms with Gasteiger partial charge in [-0.25, -0.2) is 21.1 Å². The molecule has 0 fully saturated rings. The van der Waals surface area contributed by atoms with E-state index in [0.29, 0.717) is 5.69 Å². The van der Waals surface area contributed by atoms with Crippen molar-refractivity contribution in [1.29, 1.82) is 0 Å². The van der Waals surface area contributed by atoms with E-state index in [-0.39, 0.29) is 25.5 Å². The number of hydrogen-bond acceptors (Lipinski definition) is 5. The summed E-state index contributed by atoms with van der Waals surface area (Å²) in [7, 11) is -1.53. The summed E-state index contributed by atoms with van der Waals surface area (Å²) in [5.41, 5.74) is 0.616. The van der Waals surface area contributed by atoms with Crippen molar-refractivity contribution in [1.82, 2.24) is 4.31 Å². The van der Waals surface area contributed by atoms with Crippen LogP contribution in [-0.4, -0.2) is 49.3 Å². The molecule has 0 spiro atoms. The number of anilines is 2. The minimum Gasteiger partial charge on any atom is -0.376 e. The zero-order chi connectivity index (χ0) is 20.6. The Morgan fingerprint density at radius 2 is 1.41 bits per heavy atom. The average Bonchev–Trinajstić information content (AvgIpc) is 2.56. The second kappa shape index (κ2) is 7.84. The fraction of sp³-hybridized carbons (Fsp3) is 0.250. The molecule has 0 bridgehead atoms. The van der Waals surface area contributed by atoms with Gasteiger partial charge < -0.3 is 4.90 Å². The van der Waals surface area contributed by atoms with Gasteiger partial charge in [-0.2, -0.15) is 0 Å². The van der Waals surface area contributed by atoms with Crippen LogP contribution < -0.4 is 9.62 Å². The highest BCUT2D eigenvalue weighted by Crippen LogP contribution is 2.31. The summed E-state index contributed by atoms with van der Waals surface area (Å²) < 4.78 is 53.7. The molecule has 0 saturated heterocycles. The molecule has 2 aromatic carbocycles. The van der Waals surface area contributed by atoms with Crippen molar-refractivity contribution < 1.29 is 16.8 Å².